The van der Waals surface area contributed by atoms with Crippen molar-refractivity contribution < 1.29 is 0 Å². The van der Waals surface area contributed by atoms with Crippen LogP contribution < -0.4 is 4.90 Å². The first-order valence-corrected chi connectivity index (χ1v) is 12.8. The number of nitrogens with zero attached hydrogens (tertiary/aromatic N) is 3. The summed E-state index contributed by atoms with van der Waals surface area (Å²) >= 11 is 0. The molecule has 1 aromatic rings. The second-order valence-corrected chi connectivity index (χ2v) is 11.7. The molecule has 0 bridgehead atoms. The molecule has 0 saturated heterocycles. The lowest BCUT2D eigenvalue weighted by Crippen LogP contribution is -2.52. The normalized spacial score (nSPS) is 41.1. The smallest absolute Gasteiger partial charge is 0.0568 e. The van der Waals surface area contributed by atoms with Gasteiger partial charge in [0.15, 0.2) is 0 Å². The molecule has 0 spiro atoms. The van der Waals surface area contributed by atoms with Gasteiger partial charge in [-0.25, -0.2) is 0 Å². The van der Waals surface area contributed by atoms with Crippen molar-refractivity contribution in [2.75, 3.05) is 19.0 Å². The monoisotopic (exact) mass is 419 g/mol. The molecule has 4 aliphatic rings. The molecule has 3 nitrogen and oxygen atoms in total. The van der Waals surface area contributed by atoms with Gasteiger partial charge >= 0.3 is 0 Å². The van der Waals surface area contributed by atoms with Crippen LogP contribution in [0.15, 0.2) is 34.5 Å². The van der Waals surface area contributed by atoms with Crippen LogP contribution in [0.4, 0.5) is 5.69 Å². The van der Waals surface area contributed by atoms with Crippen LogP contribution in [0, 0.1) is 34.5 Å². The molecule has 3 heteroatoms. The third-order valence-corrected chi connectivity index (χ3v) is 10.1. The summed E-state index contributed by atoms with van der Waals surface area (Å²) in [5, 5.41) is 9.41. The SMILES string of the molecule is CN(C)c1ccc(/C=N\N=C2\CC[C@H]3[C@H]4CC[C@@H]5CCCC[C@]5(C)[C@@H]4CC[C@]23C)cc1. The summed E-state index contributed by atoms with van der Waals surface area (Å²) in [5.74, 6) is 3.72. The average Bonchev–Trinajstić information content (AvgIpc) is 3.10. The van der Waals surface area contributed by atoms with Crippen molar-refractivity contribution in [1.29, 1.82) is 0 Å². The first-order chi connectivity index (χ1) is 14.9. The van der Waals surface area contributed by atoms with E-state index in [2.05, 4.69) is 62.2 Å². The lowest BCUT2D eigenvalue weighted by atomic mass is 9.45. The molecule has 0 aromatic heterocycles. The van der Waals surface area contributed by atoms with E-state index < -0.39 is 0 Å². The molecular formula is C28H41N3. The van der Waals surface area contributed by atoms with Gasteiger partial charge in [-0.05, 0) is 98.1 Å². The van der Waals surface area contributed by atoms with Crippen molar-refractivity contribution in [2.45, 2.75) is 78.1 Å². The van der Waals surface area contributed by atoms with Crippen LogP contribution >= 0.6 is 0 Å². The van der Waals surface area contributed by atoms with Crippen molar-refractivity contribution in [3.8, 4) is 0 Å². The Hall–Kier alpha value is -1.64. The van der Waals surface area contributed by atoms with Gasteiger partial charge in [-0.2, -0.15) is 10.2 Å². The molecule has 168 valence electrons. The summed E-state index contributed by atoms with van der Waals surface area (Å²) in [6, 6.07) is 8.55. The molecule has 1 aromatic carbocycles. The molecule has 0 N–H and O–H groups in total. The lowest BCUT2D eigenvalue weighted by Gasteiger charge is -2.59. The zero-order valence-electron chi connectivity index (χ0n) is 20.1. The molecule has 0 aliphatic heterocycles. The Balaban J connectivity index is 1.32. The highest BCUT2D eigenvalue weighted by Crippen LogP contribution is 2.65. The average molecular weight is 420 g/mol. The maximum atomic E-state index is 4.84. The zero-order valence-corrected chi connectivity index (χ0v) is 20.1. The first kappa shape index (κ1) is 21.2. The van der Waals surface area contributed by atoms with E-state index in [1.807, 2.05) is 6.21 Å². The standard InChI is InChI=1S/C28H41N3/c1-27-17-6-5-7-21(27)10-13-23-24-14-15-26(28(24,2)18-16-25(23)27)30-29-19-20-8-11-22(12-9-20)31(3)4/h8-9,11-12,19,21,23-25H,5-7,10,13-18H2,1-4H3/b29-19-,30-26-/t21-,23+,24-,25+,27-,28-/m0/s1. The number of hydrogen-bond acceptors (Lipinski definition) is 3. The van der Waals surface area contributed by atoms with E-state index in [9.17, 15) is 0 Å². The molecule has 0 unspecified atom stereocenters. The summed E-state index contributed by atoms with van der Waals surface area (Å²) in [5.41, 5.74) is 4.63. The predicted molar refractivity (Wildman–Crippen MR) is 132 cm³/mol. The Labute approximate surface area is 189 Å². The van der Waals surface area contributed by atoms with Gasteiger partial charge in [-0.3, -0.25) is 0 Å². The first-order valence-electron chi connectivity index (χ1n) is 12.8. The Morgan fingerprint density at radius 1 is 0.903 bits per heavy atom. The van der Waals surface area contributed by atoms with Gasteiger partial charge in [0.25, 0.3) is 0 Å². The van der Waals surface area contributed by atoms with E-state index >= 15 is 0 Å². The van der Waals surface area contributed by atoms with E-state index in [0.717, 1.165) is 35.7 Å². The van der Waals surface area contributed by atoms with E-state index in [-0.39, 0.29) is 5.41 Å². The number of hydrogen-bond donors (Lipinski definition) is 0. The van der Waals surface area contributed by atoms with Gasteiger partial charge in [-0.15, -0.1) is 0 Å². The summed E-state index contributed by atoms with van der Waals surface area (Å²) in [4.78, 5) is 2.12. The Morgan fingerprint density at radius 2 is 1.71 bits per heavy atom. The molecule has 6 atom stereocenters. The number of anilines is 1. The lowest BCUT2D eigenvalue weighted by molar-refractivity contribution is -0.0936. The van der Waals surface area contributed by atoms with Gasteiger partial charge in [0.2, 0.25) is 0 Å². The van der Waals surface area contributed by atoms with Gasteiger partial charge < -0.3 is 4.90 Å². The van der Waals surface area contributed by atoms with Crippen molar-refractivity contribution >= 4 is 17.6 Å². The minimum atomic E-state index is 0.283. The second kappa shape index (κ2) is 8.05. The van der Waals surface area contributed by atoms with E-state index in [1.54, 1.807) is 0 Å². The Morgan fingerprint density at radius 3 is 2.48 bits per heavy atom. The number of fused-ring (bicyclic) bond motifs is 5. The fourth-order valence-electron chi connectivity index (χ4n) is 8.27. The summed E-state index contributed by atoms with van der Waals surface area (Å²) in [6.07, 6.45) is 16.1. The Bertz CT molecular complexity index is 854. The van der Waals surface area contributed by atoms with Crippen LogP contribution in [-0.4, -0.2) is 26.0 Å². The van der Waals surface area contributed by atoms with Crippen LogP contribution in [0.25, 0.3) is 0 Å². The van der Waals surface area contributed by atoms with Crippen molar-refractivity contribution in [2.24, 2.45) is 44.7 Å². The second-order valence-electron chi connectivity index (χ2n) is 11.7. The van der Waals surface area contributed by atoms with Crippen LogP contribution in [0.3, 0.4) is 0 Å². The topological polar surface area (TPSA) is 28.0 Å². The predicted octanol–water partition coefficient (Wildman–Crippen LogP) is 6.96. The maximum Gasteiger partial charge on any atom is 0.0568 e. The highest BCUT2D eigenvalue weighted by atomic mass is 15.2. The molecule has 5 rings (SSSR count). The molecule has 0 amide bonds. The summed E-state index contributed by atoms with van der Waals surface area (Å²) < 4.78 is 0. The minimum absolute atomic E-state index is 0.283. The molecular weight excluding hydrogens is 378 g/mol. The third kappa shape index (κ3) is 3.56. The molecule has 0 heterocycles. The molecule has 31 heavy (non-hydrogen) atoms. The van der Waals surface area contributed by atoms with Crippen LogP contribution in [0.2, 0.25) is 0 Å². The minimum Gasteiger partial charge on any atom is -0.378 e. The Kier molecular flexibility index (Phi) is 5.51. The highest BCUT2D eigenvalue weighted by Gasteiger charge is 2.58. The molecule has 4 fully saturated rings. The van der Waals surface area contributed by atoms with Crippen LogP contribution in [0.1, 0.15) is 83.6 Å². The zero-order chi connectivity index (χ0) is 21.6. The number of benzene rings is 1. The fourth-order valence-corrected chi connectivity index (χ4v) is 8.27. The van der Waals surface area contributed by atoms with Crippen molar-refractivity contribution in [1.82, 2.24) is 0 Å². The summed E-state index contributed by atoms with van der Waals surface area (Å²) in [6.45, 7) is 5.20. The quantitative estimate of drug-likeness (QED) is 0.384. The van der Waals surface area contributed by atoms with Gasteiger partial charge in [0.05, 0.1) is 6.21 Å². The van der Waals surface area contributed by atoms with Crippen LogP contribution in [0.5, 0.6) is 0 Å². The number of rotatable bonds is 3. The highest BCUT2D eigenvalue weighted by molar-refractivity contribution is 5.93. The van der Waals surface area contributed by atoms with Gasteiger partial charge in [-0.1, -0.05) is 38.8 Å². The molecule has 4 saturated carbocycles. The van der Waals surface area contributed by atoms with Crippen molar-refractivity contribution in [3.05, 3.63) is 29.8 Å². The van der Waals surface area contributed by atoms with Gasteiger partial charge in [0.1, 0.15) is 0 Å². The van der Waals surface area contributed by atoms with E-state index in [4.69, 9.17) is 5.10 Å². The van der Waals surface area contributed by atoms with Crippen LogP contribution in [-0.2, 0) is 0 Å². The third-order valence-electron chi connectivity index (χ3n) is 10.1. The van der Waals surface area contributed by atoms with Crippen molar-refractivity contribution in [3.63, 3.8) is 0 Å². The van der Waals surface area contributed by atoms with Gasteiger partial charge in [0, 0.05) is 30.9 Å². The molecule has 4 aliphatic carbocycles. The maximum absolute atomic E-state index is 4.84. The largest absolute Gasteiger partial charge is 0.378 e. The fraction of sp³-hybridized carbons (Fsp3) is 0.714. The van der Waals surface area contributed by atoms with E-state index in [0.29, 0.717) is 5.41 Å². The summed E-state index contributed by atoms with van der Waals surface area (Å²) in [7, 11) is 4.14. The molecule has 0 radical (unpaired) electrons. The van der Waals surface area contributed by atoms with E-state index in [1.165, 1.54) is 69.2 Å².